The summed E-state index contributed by atoms with van der Waals surface area (Å²) in [6, 6.07) is 17.4. The van der Waals surface area contributed by atoms with Gasteiger partial charge in [0.15, 0.2) is 6.61 Å². The maximum absolute atomic E-state index is 11.5. The van der Waals surface area contributed by atoms with Crippen molar-refractivity contribution in [1.82, 2.24) is 5.43 Å². The Morgan fingerprint density at radius 1 is 1.14 bits per heavy atom. The molecule has 0 saturated carbocycles. The molecule has 4 nitrogen and oxygen atoms in total. The van der Waals surface area contributed by atoms with E-state index in [1.165, 1.54) is 6.21 Å². The van der Waals surface area contributed by atoms with Crippen molar-refractivity contribution in [3.05, 3.63) is 71.8 Å². The Morgan fingerprint density at radius 2 is 1.86 bits per heavy atom. The first-order chi connectivity index (χ1) is 10.7. The van der Waals surface area contributed by atoms with E-state index < -0.39 is 0 Å². The third-order valence-electron chi connectivity index (χ3n) is 2.83. The van der Waals surface area contributed by atoms with E-state index in [1.807, 2.05) is 67.6 Å². The number of hydrogen-bond donors (Lipinski definition) is 1. The van der Waals surface area contributed by atoms with Crippen LogP contribution in [-0.2, 0) is 4.79 Å². The van der Waals surface area contributed by atoms with Gasteiger partial charge in [-0.15, -0.1) is 0 Å². The van der Waals surface area contributed by atoms with Gasteiger partial charge in [0.2, 0.25) is 0 Å². The molecule has 0 aliphatic carbocycles. The zero-order valence-electron chi connectivity index (χ0n) is 12.4. The maximum Gasteiger partial charge on any atom is 0.277 e. The molecule has 0 atom stereocenters. The van der Waals surface area contributed by atoms with Crippen LogP contribution >= 0.6 is 0 Å². The minimum atomic E-state index is -0.301. The van der Waals surface area contributed by atoms with Crippen molar-refractivity contribution in [1.29, 1.82) is 0 Å². The average molecular weight is 294 g/mol. The van der Waals surface area contributed by atoms with Gasteiger partial charge in [-0.3, -0.25) is 4.79 Å². The monoisotopic (exact) mass is 294 g/mol. The number of carbonyl (C=O) groups excluding carboxylic acids is 1. The zero-order chi connectivity index (χ0) is 15.6. The van der Waals surface area contributed by atoms with Crippen LogP contribution in [0.2, 0.25) is 0 Å². The molecule has 0 bridgehead atoms. The van der Waals surface area contributed by atoms with E-state index in [0.717, 1.165) is 11.1 Å². The molecule has 0 aromatic heterocycles. The summed E-state index contributed by atoms with van der Waals surface area (Å²) >= 11 is 0. The standard InChI is InChI=1S/C18H18N2O2/c1-15-9-11-17(12-10-15)22-14-18(21)20-19-13-5-8-16-6-3-2-4-7-16/h2-13H,14H2,1H3,(H,20,21)/b8-5+,19-13+. The highest BCUT2D eigenvalue weighted by molar-refractivity contribution is 5.81. The van der Waals surface area contributed by atoms with Gasteiger partial charge in [0.1, 0.15) is 5.75 Å². The van der Waals surface area contributed by atoms with E-state index >= 15 is 0 Å². The molecule has 2 aromatic carbocycles. The SMILES string of the molecule is Cc1ccc(OCC(=O)N/N=C/C=C/c2ccccc2)cc1. The van der Waals surface area contributed by atoms with Crippen LogP contribution in [0, 0.1) is 6.92 Å². The summed E-state index contributed by atoms with van der Waals surface area (Å²) < 4.78 is 5.35. The lowest BCUT2D eigenvalue weighted by Gasteiger charge is -2.04. The van der Waals surface area contributed by atoms with Gasteiger partial charge in [-0.05, 0) is 30.7 Å². The number of hydrogen-bond acceptors (Lipinski definition) is 3. The summed E-state index contributed by atoms with van der Waals surface area (Å²) in [5.74, 6) is 0.360. The number of aryl methyl sites for hydroxylation is 1. The molecular formula is C18H18N2O2. The Kier molecular flexibility index (Phi) is 5.93. The summed E-state index contributed by atoms with van der Waals surface area (Å²) in [6.45, 7) is 1.93. The normalized spacial score (nSPS) is 11.0. The predicted octanol–water partition coefficient (Wildman–Crippen LogP) is 3.19. The summed E-state index contributed by atoms with van der Waals surface area (Å²) in [7, 11) is 0. The number of nitrogens with one attached hydrogen (secondary N) is 1. The number of benzene rings is 2. The van der Waals surface area contributed by atoms with Gasteiger partial charge >= 0.3 is 0 Å². The number of ether oxygens (including phenoxy) is 1. The summed E-state index contributed by atoms with van der Waals surface area (Å²) in [4.78, 5) is 11.5. The van der Waals surface area contributed by atoms with Crippen LogP contribution in [0.1, 0.15) is 11.1 Å². The molecule has 0 heterocycles. The molecule has 0 aliphatic heterocycles. The van der Waals surface area contributed by atoms with Crippen molar-refractivity contribution in [3.63, 3.8) is 0 Å². The van der Waals surface area contributed by atoms with E-state index in [4.69, 9.17) is 4.74 Å². The lowest BCUT2D eigenvalue weighted by atomic mass is 10.2. The molecule has 0 aliphatic rings. The van der Waals surface area contributed by atoms with Gasteiger partial charge in [0.25, 0.3) is 5.91 Å². The van der Waals surface area contributed by atoms with Crippen molar-refractivity contribution < 1.29 is 9.53 Å². The Balaban J connectivity index is 1.70. The van der Waals surface area contributed by atoms with Crippen LogP contribution in [0.3, 0.4) is 0 Å². The molecule has 112 valence electrons. The van der Waals surface area contributed by atoms with Crippen LogP contribution in [0.5, 0.6) is 5.75 Å². The highest BCUT2D eigenvalue weighted by atomic mass is 16.5. The number of hydrazone groups is 1. The molecule has 0 fully saturated rings. The Labute approximate surface area is 130 Å². The summed E-state index contributed by atoms with van der Waals surface area (Å²) in [6.07, 6.45) is 5.19. The molecular weight excluding hydrogens is 276 g/mol. The third-order valence-corrected chi connectivity index (χ3v) is 2.83. The minimum Gasteiger partial charge on any atom is -0.484 e. The van der Waals surface area contributed by atoms with Crippen LogP contribution in [0.25, 0.3) is 6.08 Å². The fraction of sp³-hybridized carbons (Fsp3) is 0.111. The van der Waals surface area contributed by atoms with Gasteiger partial charge in [-0.1, -0.05) is 54.1 Å². The second kappa shape index (κ2) is 8.42. The lowest BCUT2D eigenvalue weighted by Crippen LogP contribution is -2.24. The predicted molar refractivity (Wildman–Crippen MR) is 88.8 cm³/mol. The van der Waals surface area contributed by atoms with Crippen LogP contribution in [0.4, 0.5) is 0 Å². The largest absolute Gasteiger partial charge is 0.484 e. The van der Waals surface area contributed by atoms with E-state index in [1.54, 1.807) is 6.08 Å². The number of nitrogens with zero attached hydrogens (tertiary/aromatic N) is 1. The molecule has 1 N–H and O–H groups in total. The Bertz CT molecular complexity index is 647. The molecule has 0 unspecified atom stereocenters. The van der Waals surface area contributed by atoms with Crippen molar-refractivity contribution in [2.75, 3.05) is 6.61 Å². The van der Waals surface area contributed by atoms with Crippen molar-refractivity contribution in [2.24, 2.45) is 5.10 Å². The lowest BCUT2D eigenvalue weighted by molar-refractivity contribution is -0.123. The number of amides is 1. The van der Waals surface area contributed by atoms with E-state index in [-0.39, 0.29) is 12.5 Å². The molecule has 0 saturated heterocycles. The number of rotatable bonds is 6. The molecule has 22 heavy (non-hydrogen) atoms. The number of carbonyl (C=O) groups is 1. The van der Waals surface area contributed by atoms with Gasteiger partial charge < -0.3 is 4.74 Å². The molecule has 2 rings (SSSR count). The molecule has 4 heteroatoms. The Hall–Kier alpha value is -2.88. The first-order valence-corrected chi connectivity index (χ1v) is 6.97. The molecule has 0 radical (unpaired) electrons. The van der Waals surface area contributed by atoms with Gasteiger partial charge in [0.05, 0.1) is 0 Å². The highest BCUT2D eigenvalue weighted by Gasteiger charge is 2.00. The second-order valence-corrected chi connectivity index (χ2v) is 4.68. The van der Waals surface area contributed by atoms with Crippen LogP contribution in [-0.4, -0.2) is 18.7 Å². The molecule has 1 amide bonds. The molecule has 0 spiro atoms. The Morgan fingerprint density at radius 3 is 2.59 bits per heavy atom. The fourth-order valence-corrected chi connectivity index (χ4v) is 1.69. The maximum atomic E-state index is 11.5. The quantitative estimate of drug-likeness (QED) is 0.657. The highest BCUT2D eigenvalue weighted by Crippen LogP contribution is 2.10. The minimum absolute atomic E-state index is 0.0667. The van der Waals surface area contributed by atoms with Gasteiger partial charge in [0, 0.05) is 6.21 Å². The summed E-state index contributed by atoms with van der Waals surface area (Å²) in [5.41, 5.74) is 4.62. The first kappa shape index (κ1) is 15.5. The van der Waals surface area contributed by atoms with E-state index in [9.17, 15) is 4.79 Å². The first-order valence-electron chi connectivity index (χ1n) is 6.97. The average Bonchev–Trinajstić information content (AvgIpc) is 2.55. The second-order valence-electron chi connectivity index (χ2n) is 4.68. The number of allylic oxidation sites excluding steroid dienone is 1. The van der Waals surface area contributed by atoms with Gasteiger partial charge in [-0.25, -0.2) is 5.43 Å². The van der Waals surface area contributed by atoms with E-state index in [2.05, 4.69) is 10.5 Å². The molecule has 2 aromatic rings. The van der Waals surface area contributed by atoms with E-state index in [0.29, 0.717) is 5.75 Å². The zero-order valence-corrected chi connectivity index (χ0v) is 12.4. The van der Waals surface area contributed by atoms with Crippen molar-refractivity contribution >= 4 is 18.2 Å². The third kappa shape index (κ3) is 5.63. The van der Waals surface area contributed by atoms with Crippen LogP contribution in [0.15, 0.2) is 65.8 Å². The smallest absolute Gasteiger partial charge is 0.277 e. The van der Waals surface area contributed by atoms with Crippen molar-refractivity contribution in [2.45, 2.75) is 6.92 Å². The fourth-order valence-electron chi connectivity index (χ4n) is 1.69. The van der Waals surface area contributed by atoms with Crippen molar-refractivity contribution in [3.8, 4) is 5.75 Å². The van der Waals surface area contributed by atoms with Gasteiger partial charge in [-0.2, -0.15) is 5.10 Å². The topological polar surface area (TPSA) is 50.7 Å². The van der Waals surface area contributed by atoms with Crippen LogP contribution < -0.4 is 10.2 Å². The summed E-state index contributed by atoms with van der Waals surface area (Å²) in [5, 5.41) is 3.82.